The number of ether oxygens (including phenoxy) is 2. The number of rotatable bonds is 8. The Labute approximate surface area is 235 Å². The molecule has 0 radical (unpaired) electrons. The van der Waals surface area contributed by atoms with Gasteiger partial charge in [0.15, 0.2) is 0 Å². The fourth-order valence-corrected chi connectivity index (χ4v) is 4.46. The second kappa shape index (κ2) is 13.1. The number of aliphatic hydroxyl groups is 1. The van der Waals surface area contributed by atoms with Crippen LogP contribution in [0.2, 0.25) is 0 Å². The van der Waals surface area contributed by atoms with Crippen molar-refractivity contribution >= 4 is 29.8 Å². The molecule has 4 rings (SSSR count). The Morgan fingerprint density at radius 2 is 1.95 bits per heavy atom. The molecular weight excluding hydrogens is 508 g/mol. The van der Waals surface area contributed by atoms with Crippen LogP contribution in [0, 0.1) is 5.92 Å². The molecule has 0 aliphatic carbocycles. The van der Waals surface area contributed by atoms with Crippen molar-refractivity contribution in [1.82, 2.24) is 14.8 Å². The molecule has 0 saturated heterocycles. The van der Waals surface area contributed by atoms with Crippen molar-refractivity contribution in [2.24, 2.45) is 5.92 Å². The van der Waals surface area contributed by atoms with E-state index in [9.17, 15) is 14.7 Å². The van der Waals surface area contributed by atoms with E-state index in [1.165, 1.54) is 0 Å². The number of hydrogen-bond acceptors (Lipinski definition) is 6. The first-order chi connectivity index (χ1) is 19.3. The number of amides is 3. The summed E-state index contributed by atoms with van der Waals surface area (Å²) in [7, 11) is 3.26. The van der Waals surface area contributed by atoms with Crippen molar-refractivity contribution in [2.75, 3.05) is 39.2 Å². The first kappa shape index (κ1) is 28.6. The number of carbonyl (C=O) groups excluding carboxylic acids is 2. The van der Waals surface area contributed by atoms with Gasteiger partial charge in [0.05, 0.1) is 26.3 Å². The van der Waals surface area contributed by atoms with Crippen LogP contribution < -0.4 is 14.8 Å². The number of carbonyl (C=O) groups is 2. The van der Waals surface area contributed by atoms with Gasteiger partial charge in [-0.25, -0.2) is 9.78 Å². The summed E-state index contributed by atoms with van der Waals surface area (Å²) in [6.45, 7) is 4.19. The smallest absolute Gasteiger partial charge is 0.321 e. The molecule has 40 heavy (non-hydrogen) atoms. The maximum Gasteiger partial charge on any atom is 0.321 e. The van der Waals surface area contributed by atoms with Gasteiger partial charge >= 0.3 is 6.03 Å². The molecule has 0 unspecified atom stereocenters. The summed E-state index contributed by atoms with van der Waals surface area (Å²) in [4.78, 5) is 34.3. The number of nitrogens with one attached hydrogen (secondary N) is 1. The lowest BCUT2D eigenvalue weighted by Crippen LogP contribution is -2.50. The van der Waals surface area contributed by atoms with Crippen molar-refractivity contribution in [2.45, 2.75) is 26.0 Å². The van der Waals surface area contributed by atoms with Crippen molar-refractivity contribution in [3.63, 3.8) is 0 Å². The van der Waals surface area contributed by atoms with Crippen LogP contribution in [0.25, 0.3) is 12.2 Å². The lowest BCUT2D eigenvalue weighted by molar-refractivity contribution is 0.0356. The zero-order chi connectivity index (χ0) is 28.6. The highest BCUT2D eigenvalue weighted by Crippen LogP contribution is 2.28. The number of methoxy groups -OCH3 is 1. The third-order valence-corrected chi connectivity index (χ3v) is 6.93. The molecule has 2 heterocycles. The number of fused-ring (bicyclic) bond motifs is 1. The first-order valence-corrected chi connectivity index (χ1v) is 13.3. The normalized spacial score (nSPS) is 17.8. The molecule has 9 heteroatoms. The molecule has 0 spiro atoms. The van der Waals surface area contributed by atoms with E-state index in [4.69, 9.17) is 9.47 Å². The Bertz CT molecular complexity index is 1350. The number of aromatic nitrogens is 1. The fourth-order valence-electron chi connectivity index (χ4n) is 4.46. The Kier molecular flexibility index (Phi) is 9.39. The summed E-state index contributed by atoms with van der Waals surface area (Å²) < 4.78 is 11.6. The van der Waals surface area contributed by atoms with E-state index in [0.29, 0.717) is 23.5 Å². The molecule has 1 aliphatic rings. The van der Waals surface area contributed by atoms with Crippen molar-refractivity contribution in [3.05, 3.63) is 83.6 Å². The summed E-state index contributed by atoms with van der Waals surface area (Å²) in [6, 6.07) is 18.0. The van der Waals surface area contributed by atoms with Gasteiger partial charge in [-0.1, -0.05) is 55.5 Å². The average Bonchev–Trinajstić information content (AvgIpc) is 2.98. The highest BCUT2D eigenvalue weighted by molar-refractivity contribution is 5.97. The van der Waals surface area contributed by atoms with E-state index in [0.717, 1.165) is 11.1 Å². The molecule has 0 bridgehead atoms. The van der Waals surface area contributed by atoms with Gasteiger partial charge in [-0.2, -0.15) is 0 Å². The molecular formula is C31H36N4O5. The molecule has 3 atom stereocenters. The number of anilines is 1. The van der Waals surface area contributed by atoms with Gasteiger partial charge in [-0.3, -0.25) is 4.79 Å². The average molecular weight is 545 g/mol. The zero-order valence-electron chi connectivity index (χ0n) is 23.3. The highest BCUT2D eigenvalue weighted by Gasteiger charge is 2.34. The van der Waals surface area contributed by atoms with Gasteiger partial charge in [-0.05, 0) is 36.2 Å². The molecule has 2 aromatic carbocycles. The predicted octanol–water partition coefficient (Wildman–Crippen LogP) is 4.64. The molecule has 3 aromatic rings. The molecule has 0 fully saturated rings. The number of pyridine rings is 1. The molecule has 2 N–H and O–H groups in total. The Hall–Kier alpha value is -4.37. The van der Waals surface area contributed by atoms with Gasteiger partial charge in [-0.15, -0.1) is 0 Å². The minimum absolute atomic E-state index is 0.155. The monoisotopic (exact) mass is 544 g/mol. The molecule has 9 nitrogen and oxygen atoms in total. The number of urea groups is 1. The summed E-state index contributed by atoms with van der Waals surface area (Å²) in [5, 5.41) is 12.8. The van der Waals surface area contributed by atoms with Crippen molar-refractivity contribution in [3.8, 4) is 11.6 Å². The number of likely N-dealkylation sites (N-methyl/N-ethyl adjacent to an activating group) is 1. The minimum atomic E-state index is -0.459. The molecule has 3 amide bonds. The highest BCUT2D eigenvalue weighted by atomic mass is 16.5. The van der Waals surface area contributed by atoms with Crippen LogP contribution in [0.15, 0.2) is 66.9 Å². The van der Waals surface area contributed by atoms with Gasteiger partial charge in [0, 0.05) is 37.5 Å². The Morgan fingerprint density at radius 3 is 2.67 bits per heavy atom. The molecule has 1 aromatic heterocycles. The lowest BCUT2D eigenvalue weighted by Gasteiger charge is -2.37. The van der Waals surface area contributed by atoms with E-state index in [-0.39, 0.29) is 36.9 Å². The van der Waals surface area contributed by atoms with Gasteiger partial charge in [0.25, 0.3) is 5.91 Å². The van der Waals surface area contributed by atoms with Gasteiger partial charge in [0.1, 0.15) is 17.4 Å². The van der Waals surface area contributed by atoms with E-state index in [1.54, 1.807) is 60.5 Å². The van der Waals surface area contributed by atoms with Crippen LogP contribution in [0.4, 0.5) is 10.5 Å². The maximum absolute atomic E-state index is 13.6. The third kappa shape index (κ3) is 6.98. The van der Waals surface area contributed by atoms with Crippen LogP contribution in [-0.2, 0) is 0 Å². The lowest BCUT2D eigenvalue weighted by atomic mass is 10.00. The standard InChI is InChI=1S/C31H36N4O5/c1-21-18-35(22(2)20-36)30(37)27-15-24(14-13-23-9-6-5-7-10-23)17-32-29(27)40-28(21)19-34(3)31(38)33-25-11-8-12-26(16-25)39-4/h5-17,21-22,28,36H,18-20H2,1-4H3,(H,33,38)/t21-,22+,28+/m1/s1. The summed E-state index contributed by atoms with van der Waals surface area (Å²) in [5.41, 5.74) is 2.70. The van der Waals surface area contributed by atoms with Crippen LogP contribution in [0.3, 0.4) is 0 Å². The minimum Gasteiger partial charge on any atom is -0.497 e. The number of benzene rings is 2. The number of aliphatic hydroxyl groups excluding tert-OH is 1. The summed E-state index contributed by atoms with van der Waals surface area (Å²) in [5.74, 6) is 0.432. The molecule has 1 aliphatic heterocycles. The second-order valence-electron chi connectivity index (χ2n) is 10.0. The Balaban J connectivity index is 1.58. The van der Waals surface area contributed by atoms with Crippen LogP contribution in [0.5, 0.6) is 11.6 Å². The molecule has 210 valence electrons. The zero-order valence-corrected chi connectivity index (χ0v) is 23.3. The van der Waals surface area contributed by atoms with Crippen molar-refractivity contribution in [1.29, 1.82) is 0 Å². The molecule has 0 saturated carbocycles. The van der Waals surface area contributed by atoms with E-state index >= 15 is 0 Å². The topological polar surface area (TPSA) is 104 Å². The van der Waals surface area contributed by atoms with Crippen molar-refractivity contribution < 1.29 is 24.2 Å². The van der Waals surface area contributed by atoms with E-state index in [1.807, 2.05) is 56.3 Å². The number of nitrogens with zero attached hydrogens (tertiary/aromatic N) is 3. The van der Waals surface area contributed by atoms with E-state index in [2.05, 4.69) is 10.3 Å². The van der Waals surface area contributed by atoms with Crippen LogP contribution in [-0.4, -0.2) is 77.8 Å². The van der Waals surface area contributed by atoms with Crippen LogP contribution >= 0.6 is 0 Å². The summed E-state index contributed by atoms with van der Waals surface area (Å²) >= 11 is 0. The number of hydrogen-bond donors (Lipinski definition) is 2. The van der Waals surface area contributed by atoms with Crippen LogP contribution in [0.1, 0.15) is 35.3 Å². The Morgan fingerprint density at radius 1 is 1.20 bits per heavy atom. The maximum atomic E-state index is 13.6. The SMILES string of the molecule is COc1cccc(NC(=O)N(C)C[C@@H]2Oc3ncc(C=Cc4ccccc4)cc3C(=O)N([C@@H](C)CO)C[C@H]2C)c1. The second-order valence-corrected chi connectivity index (χ2v) is 10.0. The summed E-state index contributed by atoms with van der Waals surface area (Å²) in [6.07, 6.45) is 5.05. The van der Waals surface area contributed by atoms with Gasteiger partial charge in [0.2, 0.25) is 5.88 Å². The quantitative estimate of drug-likeness (QED) is 0.428. The predicted molar refractivity (Wildman–Crippen MR) is 155 cm³/mol. The van der Waals surface area contributed by atoms with Gasteiger partial charge < -0.3 is 29.7 Å². The van der Waals surface area contributed by atoms with E-state index < -0.39 is 12.1 Å². The third-order valence-electron chi connectivity index (χ3n) is 6.93. The largest absolute Gasteiger partial charge is 0.497 e. The first-order valence-electron chi connectivity index (χ1n) is 13.3. The fraction of sp³-hybridized carbons (Fsp3) is 0.323.